The predicted octanol–water partition coefficient (Wildman–Crippen LogP) is 4.96. The maximum Gasteiger partial charge on any atom is 0.310 e. The highest BCUT2D eigenvalue weighted by Crippen LogP contribution is 2.68. The van der Waals surface area contributed by atoms with Crippen LogP contribution < -0.4 is 4.90 Å². The molecule has 0 aliphatic carbocycles. The largest absolute Gasteiger partial charge is 0.465 e. The number of fused-ring (bicyclic) bond motifs is 1. The molecule has 3 aliphatic heterocycles. The SMILES string of the molecule is C=CCCCCOC(=O)[C@H]1[C@H]2C(=O)N(CCCCO)C(C(=O)N(CC=C)c3cc(C)ccc3C)C23CC(Br)[C@@H]1S3. The number of nitrogens with zero attached hydrogens (tertiary/aromatic N) is 2. The molecular weight excluding hydrogens is 592 g/mol. The lowest BCUT2D eigenvalue weighted by atomic mass is 9.71. The Hall–Kier alpha value is -2.10. The lowest BCUT2D eigenvalue weighted by Gasteiger charge is -2.38. The monoisotopic (exact) mass is 632 g/mol. The second-order valence-corrected chi connectivity index (χ2v) is 13.8. The van der Waals surface area contributed by atoms with Crippen molar-refractivity contribution in [1.29, 1.82) is 0 Å². The van der Waals surface area contributed by atoms with Crippen LogP contribution in [0.5, 0.6) is 0 Å². The maximum atomic E-state index is 14.7. The maximum absolute atomic E-state index is 14.7. The van der Waals surface area contributed by atoms with Crippen LogP contribution in [0.2, 0.25) is 0 Å². The van der Waals surface area contributed by atoms with Crippen LogP contribution in [0.15, 0.2) is 43.5 Å². The summed E-state index contributed by atoms with van der Waals surface area (Å²) in [7, 11) is 0. The van der Waals surface area contributed by atoms with Crippen LogP contribution in [-0.2, 0) is 19.1 Å². The third-order valence-corrected chi connectivity index (χ3v) is 11.6. The first-order valence-electron chi connectivity index (χ1n) is 14.2. The fraction of sp³-hybridized carbons (Fsp3) is 0.581. The zero-order valence-electron chi connectivity index (χ0n) is 23.5. The van der Waals surface area contributed by atoms with Crippen molar-refractivity contribution in [1.82, 2.24) is 4.90 Å². The first-order chi connectivity index (χ1) is 19.2. The normalized spacial score (nSPS) is 28.4. The third kappa shape index (κ3) is 5.66. The van der Waals surface area contributed by atoms with Crippen molar-refractivity contribution in [3.05, 3.63) is 54.6 Å². The lowest BCUT2D eigenvalue weighted by molar-refractivity contribution is -0.154. The number of esters is 1. The molecule has 3 aliphatic rings. The molecule has 218 valence electrons. The van der Waals surface area contributed by atoms with Gasteiger partial charge in [0.05, 0.1) is 23.2 Å². The van der Waals surface area contributed by atoms with Gasteiger partial charge in [0.1, 0.15) is 6.04 Å². The van der Waals surface area contributed by atoms with E-state index in [-0.39, 0.29) is 34.5 Å². The van der Waals surface area contributed by atoms with E-state index in [4.69, 9.17) is 4.74 Å². The van der Waals surface area contributed by atoms with Crippen molar-refractivity contribution in [2.45, 2.75) is 73.2 Å². The molecular formula is C31H41BrN2O5S. The summed E-state index contributed by atoms with van der Waals surface area (Å²) in [6.45, 7) is 12.6. The number of benzene rings is 1. The molecule has 3 heterocycles. The van der Waals surface area contributed by atoms with Gasteiger partial charge in [-0.2, -0.15) is 0 Å². The summed E-state index contributed by atoms with van der Waals surface area (Å²) in [4.78, 5) is 45.8. The average molecular weight is 634 g/mol. The highest BCUT2D eigenvalue weighted by Gasteiger charge is 2.76. The van der Waals surface area contributed by atoms with E-state index in [1.165, 1.54) is 0 Å². The van der Waals surface area contributed by atoms with Gasteiger partial charge in [0, 0.05) is 35.5 Å². The van der Waals surface area contributed by atoms with Gasteiger partial charge in [-0.15, -0.1) is 24.9 Å². The van der Waals surface area contributed by atoms with E-state index < -0.39 is 22.6 Å². The van der Waals surface area contributed by atoms with Crippen LogP contribution in [0.25, 0.3) is 0 Å². The number of halogens is 1. The molecule has 1 spiro atoms. The summed E-state index contributed by atoms with van der Waals surface area (Å²) in [6, 6.07) is 5.28. The minimum atomic E-state index is -0.740. The number of aliphatic hydroxyl groups is 1. The molecule has 3 saturated heterocycles. The molecule has 0 radical (unpaired) electrons. The molecule has 1 aromatic rings. The number of carbonyl (C=O) groups excluding carboxylic acids is 3. The fourth-order valence-electron chi connectivity index (χ4n) is 6.57. The number of unbranched alkanes of at least 4 members (excludes halogenated alkanes) is 3. The Morgan fingerprint density at radius 2 is 2.00 bits per heavy atom. The number of aryl methyl sites for hydroxylation is 2. The Balaban J connectivity index is 1.70. The van der Waals surface area contributed by atoms with Gasteiger partial charge in [0.15, 0.2) is 0 Å². The number of ether oxygens (including phenoxy) is 1. The Labute approximate surface area is 250 Å². The number of amides is 2. The number of likely N-dealkylation sites (tertiary alicyclic amines) is 1. The van der Waals surface area contributed by atoms with Crippen LogP contribution in [0.1, 0.15) is 49.7 Å². The minimum Gasteiger partial charge on any atom is -0.465 e. The number of thioether (sulfide) groups is 1. The molecule has 0 saturated carbocycles. The quantitative estimate of drug-likeness (QED) is 0.135. The average Bonchev–Trinajstić information content (AvgIpc) is 3.52. The first-order valence-corrected chi connectivity index (χ1v) is 16.0. The summed E-state index contributed by atoms with van der Waals surface area (Å²) in [6.07, 6.45) is 7.77. The van der Waals surface area contributed by atoms with Gasteiger partial charge in [0.25, 0.3) is 5.91 Å². The smallest absolute Gasteiger partial charge is 0.310 e. The van der Waals surface area contributed by atoms with E-state index in [0.29, 0.717) is 39.0 Å². The van der Waals surface area contributed by atoms with Crippen LogP contribution >= 0.6 is 27.7 Å². The fourth-order valence-corrected chi connectivity index (χ4v) is 10.2. The highest BCUT2D eigenvalue weighted by atomic mass is 79.9. The zero-order valence-corrected chi connectivity index (χ0v) is 25.9. The van der Waals surface area contributed by atoms with Gasteiger partial charge < -0.3 is 19.6 Å². The number of aliphatic hydroxyl groups excluding tert-OH is 1. The van der Waals surface area contributed by atoms with Crippen LogP contribution in [0, 0.1) is 25.7 Å². The predicted molar refractivity (Wildman–Crippen MR) is 164 cm³/mol. The molecule has 2 amide bonds. The van der Waals surface area contributed by atoms with Crippen molar-refractivity contribution < 1.29 is 24.2 Å². The van der Waals surface area contributed by atoms with E-state index >= 15 is 0 Å². The van der Waals surface area contributed by atoms with E-state index in [1.807, 2.05) is 38.1 Å². The summed E-state index contributed by atoms with van der Waals surface area (Å²) in [5, 5.41) is 9.29. The van der Waals surface area contributed by atoms with Crippen molar-refractivity contribution in [3.63, 3.8) is 0 Å². The summed E-state index contributed by atoms with van der Waals surface area (Å²) in [5.74, 6) is -1.88. The molecule has 9 heteroatoms. The van der Waals surface area contributed by atoms with E-state index in [9.17, 15) is 19.5 Å². The Kier molecular flexibility index (Phi) is 10.2. The zero-order chi connectivity index (χ0) is 29.0. The molecule has 7 nitrogen and oxygen atoms in total. The molecule has 1 aromatic carbocycles. The third-order valence-electron chi connectivity index (χ3n) is 8.38. The molecule has 2 bridgehead atoms. The summed E-state index contributed by atoms with van der Waals surface area (Å²) in [5.41, 5.74) is 2.80. The molecule has 1 N–H and O–H groups in total. The molecule has 3 unspecified atom stereocenters. The van der Waals surface area contributed by atoms with Crippen molar-refractivity contribution in [2.75, 3.05) is 31.2 Å². The number of rotatable bonds is 14. The van der Waals surface area contributed by atoms with Crippen LogP contribution in [0.4, 0.5) is 5.69 Å². The molecule has 0 aromatic heterocycles. The van der Waals surface area contributed by atoms with Crippen molar-refractivity contribution in [2.24, 2.45) is 11.8 Å². The van der Waals surface area contributed by atoms with Gasteiger partial charge in [0.2, 0.25) is 5.91 Å². The number of hydrogen-bond donors (Lipinski definition) is 1. The van der Waals surface area contributed by atoms with Gasteiger partial charge in [-0.3, -0.25) is 14.4 Å². The molecule has 40 heavy (non-hydrogen) atoms. The van der Waals surface area contributed by atoms with Crippen LogP contribution in [0.3, 0.4) is 0 Å². The summed E-state index contributed by atoms with van der Waals surface area (Å²) >= 11 is 5.42. The highest BCUT2D eigenvalue weighted by molar-refractivity contribution is 9.09. The second-order valence-electron chi connectivity index (χ2n) is 11.1. The Bertz CT molecular complexity index is 1140. The van der Waals surface area contributed by atoms with Crippen LogP contribution in [-0.4, -0.2) is 75.0 Å². The minimum absolute atomic E-state index is 0.0129. The van der Waals surface area contributed by atoms with Gasteiger partial charge >= 0.3 is 5.97 Å². The summed E-state index contributed by atoms with van der Waals surface area (Å²) < 4.78 is 4.98. The van der Waals surface area contributed by atoms with E-state index in [1.54, 1.807) is 27.6 Å². The Morgan fingerprint density at radius 3 is 2.70 bits per heavy atom. The molecule has 4 rings (SSSR count). The number of anilines is 1. The molecule has 6 atom stereocenters. The van der Waals surface area contributed by atoms with E-state index in [0.717, 1.165) is 36.1 Å². The van der Waals surface area contributed by atoms with Gasteiger partial charge in [-0.1, -0.05) is 40.2 Å². The first kappa shape index (κ1) is 30.8. The number of allylic oxidation sites excluding steroid dienone is 1. The number of carbonyl (C=O) groups is 3. The van der Waals surface area contributed by atoms with Crippen molar-refractivity contribution >= 4 is 51.2 Å². The second kappa shape index (κ2) is 13.3. The standard InChI is InChI=1S/C31H41BrN2O5S/c1-5-7-8-11-17-39-30(38)24-25-28(36)34(15-9-10-16-35)27(31(25)19-22(32)26(24)40-31)29(37)33(14-6-2)23-18-20(3)12-13-21(23)4/h5-6,12-13,18,22,24-27,35H,1-2,7-11,14-17,19H2,3-4H3/t22?,24-,25-,26-,27?,31?/m0/s1. The molecule has 3 fully saturated rings. The topological polar surface area (TPSA) is 87.1 Å². The number of alkyl halides is 1. The van der Waals surface area contributed by atoms with E-state index in [2.05, 4.69) is 29.1 Å². The van der Waals surface area contributed by atoms with Gasteiger partial charge in [-0.05, 0) is 69.6 Å². The lowest BCUT2D eigenvalue weighted by Crippen LogP contribution is -2.55. The van der Waals surface area contributed by atoms with Crippen molar-refractivity contribution in [3.8, 4) is 0 Å². The number of hydrogen-bond acceptors (Lipinski definition) is 6. The van der Waals surface area contributed by atoms with Gasteiger partial charge in [-0.25, -0.2) is 0 Å². The Morgan fingerprint density at radius 1 is 1.23 bits per heavy atom.